The van der Waals surface area contributed by atoms with E-state index in [9.17, 15) is 0 Å². The van der Waals surface area contributed by atoms with Crippen molar-refractivity contribution < 1.29 is 26.9 Å². The summed E-state index contributed by atoms with van der Waals surface area (Å²) in [6.45, 7) is 26.0. The molecule has 0 amide bonds. The summed E-state index contributed by atoms with van der Waals surface area (Å²) in [5, 5.41) is 12.9. The second kappa shape index (κ2) is 30.5. The monoisotopic (exact) mass is 1510 g/mol. The van der Waals surface area contributed by atoms with Gasteiger partial charge in [0.2, 0.25) is 0 Å². The van der Waals surface area contributed by atoms with Gasteiger partial charge < -0.3 is 0 Å². The average molecular weight is 1510 g/mol. The van der Waals surface area contributed by atoms with E-state index >= 15 is 0 Å². The predicted molar refractivity (Wildman–Crippen MR) is 481 cm³/mol. The van der Waals surface area contributed by atoms with E-state index in [1.54, 1.807) is 6.20 Å². The lowest BCUT2D eigenvalue weighted by molar-refractivity contribution is -0.665. The van der Waals surface area contributed by atoms with E-state index < -0.39 is 6.85 Å². The number of aromatic nitrogens is 10. The van der Waals surface area contributed by atoms with E-state index in [1.165, 1.54) is 177 Å². The third-order valence-corrected chi connectivity index (χ3v) is 23.3. The summed E-state index contributed by atoms with van der Waals surface area (Å²) in [4.78, 5) is 0. The zero-order valence-electron chi connectivity index (χ0n) is 72.7. The van der Waals surface area contributed by atoms with Gasteiger partial charge in [-0.25, -0.2) is 22.8 Å². The van der Waals surface area contributed by atoms with E-state index in [2.05, 4.69) is 426 Å². The minimum absolute atomic E-state index is 0.122. The first-order valence-corrected chi connectivity index (χ1v) is 39.9. The molecule has 20 aromatic rings. The van der Waals surface area contributed by atoms with Gasteiger partial charge in [-0.15, -0.1) is 0 Å². The molecular formula is C105H105N10+5. The maximum atomic E-state index is 7.77. The number of pyridine rings is 5. The fraction of sp³-hybridized carbons (Fsp3) is 0.190. The molecule has 0 saturated carbocycles. The normalized spacial score (nSPS) is 12.1. The van der Waals surface area contributed by atoms with Crippen molar-refractivity contribution in [2.45, 2.75) is 102 Å². The van der Waals surface area contributed by atoms with E-state index in [1.807, 2.05) is 30.7 Å². The van der Waals surface area contributed by atoms with Crippen LogP contribution in [0.25, 0.3) is 138 Å². The summed E-state index contributed by atoms with van der Waals surface area (Å²) in [6.07, 6.45) is 10.4. The molecular weight excluding hydrogens is 1400 g/mol. The molecule has 0 N–H and O–H groups in total. The summed E-state index contributed by atoms with van der Waals surface area (Å²) in [6, 6.07) is 93.2. The molecule has 0 saturated heterocycles. The first kappa shape index (κ1) is 72.2. The van der Waals surface area contributed by atoms with Crippen LogP contribution in [0, 0.1) is 76.1 Å². The van der Waals surface area contributed by atoms with E-state index in [0.29, 0.717) is 5.56 Å². The smallest absolute Gasteiger partial charge is 0.237 e. The van der Waals surface area contributed by atoms with Gasteiger partial charge in [0.1, 0.15) is 55.2 Å². The van der Waals surface area contributed by atoms with Crippen molar-refractivity contribution in [2.75, 3.05) is 0 Å². The minimum atomic E-state index is -2.11. The van der Waals surface area contributed by atoms with Gasteiger partial charge in [0.05, 0.1) is 66.2 Å². The Balaban J connectivity index is 0.000000110. The van der Waals surface area contributed by atoms with Crippen LogP contribution >= 0.6 is 0 Å². The maximum Gasteiger partial charge on any atom is 0.286 e. The first-order chi connectivity index (χ1) is 56.6. The van der Waals surface area contributed by atoms with Crippen LogP contribution in [-0.2, 0) is 40.7 Å². The molecule has 0 atom stereocenters. The highest BCUT2D eigenvalue weighted by molar-refractivity contribution is 6.14. The zero-order chi connectivity index (χ0) is 83.1. The number of rotatable bonds is 5. The maximum absolute atomic E-state index is 7.77. The van der Waals surface area contributed by atoms with Crippen LogP contribution in [-0.4, -0.2) is 22.8 Å². The van der Waals surface area contributed by atoms with E-state index in [4.69, 9.17) is 4.11 Å². The summed E-state index contributed by atoms with van der Waals surface area (Å²) in [5.74, 6) is 5.74. The molecule has 0 aliphatic heterocycles. The van der Waals surface area contributed by atoms with Crippen molar-refractivity contribution in [3.63, 3.8) is 0 Å². The molecule has 0 radical (unpaired) electrons. The predicted octanol–water partition coefficient (Wildman–Crippen LogP) is 22.7. The Morgan fingerprint density at radius 2 is 0.522 bits per heavy atom. The highest BCUT2D eigenvalue weighted by Gasteiger charge is 2.29. The van der Waals surface area contributed by atoms with Gasteiger partial charge in [0.15, 0.2) is 0 Å². The van der Waals surface area contributed by atoms with E-state index in [-0.39, 0.29) is 5.41 Å². The molecule has 20 rings (SSSR count). The van der Waals surface area contributed by atoms with Gasteiger partial charge in [-0.2, -0.15) is 22.8 Å². The van der Waals surface area contributed by atoms with Crippen LogP contribution in [0.1, 0.15) is 91.6 Å². The average Bonchev–Trinajstić information content (AvgIpc) is 1.61. The summed E-state index contributed by atoms with van der Waals surface area (Å²) >= 11 is 0. The van der Waals surface area contributed by atoms with Crippen LogP contribution in [0.15, 0.2) is 292 Å². The molecule has 0 spiro atoms. The van der Waals surface area contributed by atoms with Crippen LogP contribution in [0.3, 0.4) is 0 Å². The third-order valence-electron chi connectivity index (χ3n) is 23.3. The van der Waals surface area contributed by atoms with Crippen LogP contribution in [0.4, 0.5) is 0 Å². The number of fused-ring (bicyclic) bond motifs is 15. The summed E-state index contributed by atoms with van der Waals surface area (Å²) in [7, 11) is 10.4. The van der Waals surface area contributed by atoms with Gasteiger partial charge in [-0.1, -0.05) is 142 Å². The molecule has 115 heavy (non-hydrogen) atoms. The Morgan fingerprint density at radius 1 is 0.235 bits per heavy atom. The van der Waals surface area contributed by atoms with Crippen molar-refractivity contribution in [2.24, 2.45) is 35.2 Å². The van der Waals surface area contributed by atoms with Crippen molar-refractivity contribution in [3.8, 4) is 29.1 Å². The Bertz CT molecular complexity index is 7350. The fourth-order valence-electron chi connectivity index (χ4n) is 17.3. The van der Waals surface area contributed by atoms with Gasteiger partial charge in [-0.05, 0) is 257 Å². The lowest BCUT2D eigenvalue weighted by Gasteiger charge is -2.19. The number of benzene rings is 10. The topological polar surface area (TPSA) is 44.0 Å². The number of nitrogens with zero attached hydrogens (tertiary/aromatic N) is 10. The SMILES string of the molecule is Cc1cc(-n2c3ccccc3c3cccc(C)c32)[n+](C)cc1C.Cc1cc[n+](C)c(-n2c3ccccc3c3cccc(C)c32)c1.Cc1ccc(-n2c3ccccc3c3cccc(C)c32)[n+](C)c1.Cc1cccc2c3ccccc3n(-c3cc(C(C)(C)C)cc[n+]3C)c12.[2H]C([2H])([2H])c1c[n+](C)c(-n2c3ccccc3c3cccc(C)c32)cc1C. The van der Waals surface area contributed by atoms with Crippen molar-refractivity contribution in [1.29, 1.82) is 0 Å². The Hall–Kier alpha value is -13.1. The van der Waals surface area contributed by atoms with Crippen LogP contribution in [0.2, 0.25) is 0 Å². The molecule has 0 aliphatic rings. The largest absolute Gasteiger partial charge is 0.286 e. The molecule has 10 aromatic heterocycles. The zero-order valence-corrected chi connectivity index (χ0v) is 69.7. The lowest BCUT2D eigenvalue weighted by atomic mass is 9.88. The van der Waals surface area contributed by atoms with Crippen LogP contribution in [0.5, 0.6) is 0 Å². The third kappa shape index (κ3) is 13.7. The highest BCUT2D eigenvalue weighted by atomic mass is 15.2. The summed E-state index contributed by atoms with van der Waals surface area (Å²) in [5.41, 5.74) is 26.7. The van der Waals surface area contributed by atoms with Crippen molar-refractivity contribution in [3.05, 3.63) is 359 Å². The quantitative estimate of drug-likeness (QED) is 0.154. The molecule has 10 heteroatoms. The molecule has 10 heterocycles. The number of hydrogen-bond donors (Lipinski definition) is 0. The van der Waals surface area contributed by atoms with Crippen LogP contribution < -0.4 is 22.8 Å². The summed E-state index contributed by atoms with van der Waals surface area (Å²) < 4.78 is 45.8. The van der Waals surface area contributed by atoms with Crippen molar-refractivity contribution in [1.82, 2.24) is 22.8 Å². The van der Waals surface area contributed by atoms with Gasteiger partial charge in [-0.3, -0.25) is 0 Å². The number of hydrogen-bond acceptors (Lipinski definition) is 0. The van der Waals surface area contributed by atoms with Gasteiger partial charge >= 0.3 is 0 Å². The van der Waals surface area contributed by atoms with E-state index in [0.717, 1.165) is 22.4 Å². The molecule has 0 unspecified atom stereocenters. The Morgan fingerprint density at radius 3 is 0.861 bits per heavy atom. The molecule has 0 aliphatic carbocycles. The first-order valence-electron chi connectivity index (χ1n) is 41.4. The van der Waals surface area contributed by atoms with Gasteiger partial charge in [0, 0.05) is 88.3 Å². The Kier molecular flexibility index (Phi) is 19.1. The number of aryl methyl sites for hydroxylation is 16. The second-order valence-electron chi connectivity index (χ2n) is 32.5. The minimum Gasteiger partial charge on any atom is -0.237 e. The van der Waals surface area contributed by atoms with Gasteiger partial charge in [0.25, 0.3) is 29.1 Å². The molecule has 0 fully saturated rings. The standard InChI is InChI=1S/C23H25N2.2C21H21N2.2C20H19N2/c1-16-9-8-11-19-18-10-6-7-12-20(18)25(22(16)19)21-15-17(23(2,3)4)13-14-24(21)5;2*1-14-8-7-10-18-17-9-5-6-11-19(17)23(21(14)18)20-12-15(2)16(3)13-22(20)4;1-14-11-12-21(3)19(13-14)22-18-10-5-4-8-16(18)17-9-6-7-15(2)20(17)22;1-14-11-12-19(21(3)13-14)22-18-10-5-4-8-16(18)17-9-6-7-15(2)20(17)22/h6-15H,1-5H3;2*5-13H,1-4H3;2*4-13H,1-3H3/q5*+1/i;3D3;;;. The molecule has 10 aromatic carbocycles. The fourth-order valence-corrected chi connectivity index (χ4v) is 17.3. The highest BCUT2D eigenvalue weighted by Crippen LogP contribution is 2.39. The molecule has 570 valence electrons. The number of para-hydroxylation sites is 10. The van der Waals surface area contributed by atoms with Crippen molar-refractivity contribution >= 4 is 109 Å². The Labute approximate surface area is 680 Å². The lowest BCUT2D eigenvalue weighted by Crippen LogP contribution is -2.34. The molecule has 0 bridgehead atoms. The molecule has 10 nitrogen and oxygen atoms in total. The second-order valence-corrected chi connectivity index (χ2v) is 32.5.